The van der Waals surface area contributed by atoms with Crippen molar-refractivity contribution < 1.29 is 4.39 Å². The van der Waals surface area contributed by atoms with Crippen molar-refractivity contribution in [2.45, 2.75) is 47.5 Å². The third-order valence-electron chi connectivity index (χ3n) is 4.81. The van der Waals surface area contributed by atoms with Crippen molar-refractivity contribution in [3.05, 3.63) is 47.0 Å². The number of rotatable bonds is 4. The van der Waals surface area contributed by atoms with E-state index in [1.807, 2.05) is 26.0 Å². The molecule has 2 heterocycles. The minimum Gasteiger partial charge on any atom is -0.357 e. The van der Waals surface area contributed by atoms with Gasteiger partial charge in [-0.3, -0.25) is 0 Å². The molecule has 0 atom stereocenters. The molecule has 3 rings (SSSR count). The Hall–Kier alpha value is -2.56. The summed E-state index contributed by atoms with van der Waals surface area (Å²) in [6.45, 7) is 10.4. The average molecular weight is 366 g/mol. The van der Waals surface area contributed by atoms with E-state index in [9.17, 15) is 4.39 Å². The Morgan fingerprint density at radius 2 is 1.78 bits per heavy atom. The van der Waals surface area contributed by atoms with Crippen LogP contribution in [0.3, 0.4) is 0 Å². The first-order chi connectivity index (χ1) is 12.7. The first-order valence-electron chi connectivity index (χ1n) is 9.29. The lowest BCUT2D eigenvalue weighted by atomic mass is 9.87. The highest BCUT2D eigenvalue weighted by Crippen LogP contribution is 2.32. The number of benzene rings is 1. The summed E-state index contributed by atoms with van der Waals surface area (Å²) < 4.78 is 14.5. The Morgan fingerprint density at radius 1 is 1.04 bits per heavy atom. The van der Waals surface area contributed by atoms with Gasteiger partial charge in [0.05, 0.1) is 0 Å². The first-order valence-corrected chi connectivity index (χ1v) is 9.29. The molecule has 0 unspecified atom stereocenters. The number of hydrogen-bond donors (Lipinski definition) is 1. The summed E-state index contributed by atoms with van der Waals surface area (Å²) in [5.74, 6) is 0.415. The highest BCUT2D eigenvalue weighted by atomic mass is 19.1. The Labute approximate surface area is 160 Å². The molecule has 142 valence electrons. The smallest absolute Gasteiger partial charge is 0.224 e. The number of nitrogens with zero attached hydrogens (tertiary/aromatic N) is 3. The molecule has 27 heavy (non-hydrogen) atoms. The summed E-state index contributed by atoms with van der Waals surface area (Å²) in [5, 5.41) is 3.80. The minimum atomic E-state index is -0.131. The topological polar surface area (TPSA) is 50.7 Å². The van der Waals surface area contributed by atoms with Gasteiger partial charge in [0.1, 0.15) is 5.82 Å². The predicted octanol–water partition coefficient (Wildman–Crippen LogP) is 5.47. The minimum absolute atomic E-state index is 0.131. The van der Waals surface area contributed by atoms with Gasteiger partial charge in [-0.25, -0.2) is 14.4 Å². The molecule has 3 aromatic rings. The van der Waals surface area contributed by atoms with Gasteiger partial charge in [0.2, 0.25) is 5.95 Å². The zero-order valence-corrected chi connectivity index (χ0v) is 16.9. The average Bonchev–Trinajstić information content (AvgIpc) is 2.59. The van der Waals surface area contributed by atoms with Gasteiger partial charge in [0, 0.05) is 29.9 Å². The van der Waals surface area contributed by atoms with Crippen LogP contribution in [0.2, 0.25) is 0 Å². The van der Waals surface area contributed by atoms with E-state index < -0.39 is 0 Å². The number of hydrogen-bond acceptors (Lipinski definition) is 4. The molecule has 2 aromatic heterocycles. The third-order valence-corrected chi connectivity index (χ3v) is 4.81. The molecule has 0 aliphatic rings. The van der Waals surface area contributed by atoms with Crippen molar-refractivity contribution in [1.29, 1.82) is 0 Å². The lowest BCUT2D eigenvalue weighted by Crippen LogP contribution is -2.07. The van der Waals surface area contributed by atoms with Gasteiger partial charge in [-0.1, -0.05) is 20.8 Å². The lowest BCUT2D eigenvalue weighted by Gasteiger charge is -2.19. The molecule has 4 nitrogen and oxygen atoms in total. The van der Waals surface area contributed by atoms with E-state index in [-0.39, 0.29) is 11.2 Å². The van der Waals surface area contributed by atoms with Crippen LogP contribution < -0.4 is 5.32 Å². The SMILES string of the molecule is CNc1ncc2cc(-c3cc(CCC(C)(C)C)c(F)cc3C)c(C)nc2n1. The zero-order valence-electron chi connectivity index (χ0n) is 16.9. The van der Waals surface area contributed by atoms with Gasteiger partial charge in [0.25, 0.3) is 0 Å². The van der Waals surface area contributed by atoms with Gasteiger partial charge >= 0.3 is 0 Å². The maximum Gasteiger partial charge on any atom is 0.224 e. The molecule has 0 bridgehead atoms. The fourth-order valence-electron chi connectivity index (χ4n) is 3.15. The monoisotopic (exact) mass is 366 g/mol. The van der Waals surface area contributed by atoms with Crippen LogP contribution in [-0.2, 0) is 6.42 Å². The van der Waals surface area contributed by atoms with Crippen molar-refractivity contribution in [2.24, 2.45) is 5.41 Å². The van der Waals surface area contributed by atoms with Crippen LogP contribution in [0.15, 0.2) is 24.4 Å². The summed E-state index contributed by atoms with van der Waals surface area (Å²) >= 11 is 0. The van der Waals surface area contributed by atoms with Crippen LogP contribution in [-0.4, -0.2) is 22.0 Å². The largest absolute Gasteiger partial charge is 0.357 e. The first kappa shape index (κ1) is 19.2. The van der Waals surface area contributed by atoms with Crippen LogP contribution in [0.4, 0.5) is 10.3 Å². The quantitative estimate of drug-likeness (QED) is 0.665. The Bertz CT molecular complexity index is 990. The van der Waals surface area contributed by atoms with Crippen molar-refractivity contribution in [3.8, 4) is 11.1 Å². The van der Waals surface area contributed by atoms with E-state index >= 15 is 0 Å². The van der Waals surface area contributed by atoms with E-state index in [0.717, 1.165) is 46.2 Å². The van der Waals surface area contributed by atoms with Gasteiger partial charge in [-0.05, 0) is 67.0 Å². The second kappa shape index (κ2) is 7.22. The normalized spacial score (nSPS) is 11.8. The number of anilines is 1. The van der Waals surface area contributed by atoms with E-state index in [2.05, 4.69) is 41.0 Å². The van der Waals surface area contributed by atoms with Crippen molar-refractivity contribution in [2.75, 3.05) is 12.4 Å². The molecule has 0 fully saturated rings. The molecule has 0 amide bonds. The number of aryl methyl sites for hydroxylation is 3. The standard InChI is InChI=1S/C22H27FN4/c1-13-9-19(23)15(7-8-22(3,4)5)10-17(13)18-11-16-12-25-21(24-6)27-20(16)26-14(18)2/h9-12H,7-8H2,1-6H3,(H,24,25,26,27). The second-order valence-corrected chi connectivity index (χ2v) is 8.30. The zero-order chi connectivity index (χ0) is 19.8. The van der Waals surface area contributed by atoms with E-state index in [1.54, 1.807) is 19.3 Å². The molecule has 0 radical (unpaired) electrons. The van der Waals surface area contributed by atoms with E-state index in [0.29, 0.717) is 11.6 Å². The van der Waals surface area contributed by atoms with Gasteiger partial charge in [0.15, 0.2) is 5.65 Å². The molecule has 0 spiro atoms. The molecule has 5 heteroatoms. The van der Waals surface area contributed by atoms with Gasteiger partial charge in [-0.2, -0.15) is 4.98 Å². The molecule has 0 saturated heterocycles. The fraction of sp³-hybridized carbons (Fsp3) is 0.409. The van der Waals surface area contributed by atoms with Crippen molar-refractivity contribution >= 4 is 17.0 Å². The summed E-state index contributed by atoms with van der Waals surface area (Å²) in [5.41, 5.74) is 5.38. The molecule has 1 aromatic carbocycles. The Morgan fingerprint density at radius 3 is 2.44 bits per heavy atom. The summed E-state index contributed by atoms with van der Waals surface area (Å²) in [4.78, 5) is 13.3. The number of pyridine rings is 1. The molecular formula is C22H27FN4. The van der Waals surface area contributed by atoms with Crippen LogP contribution in [0.1, 0.15) is 44.0 Å². The van der Waals surface area contributed by atoms with Crippen LogP contribution in [0, 0.1) is 25.1 Å². The van der Waals surface area contributed by atoms with Crippen LogP contribution in [0.25, 0.3) is 22.2 Å². The molecule has 1 N–H and O–H groups in total. The highest BCUT2D eigenvalue weighted by Gasteiger charge is 2.16. The maximum absolute atomic E-state index is 14.5. The van der Waals surface area contributed by atoms with Crippen molar-refractivity contribution in [1.82, 2.24) is 15.0 Å². The summed E-state index contributed by atoms with van der Waals surface area (Å²) in [6.07, 6.45) is 3.42. The third kappa shape index (κ3) is 4.24. The maximum atomic E-state index is 14.5. The predicted molar refractivity (Wildman–Crippen MR) is 110 cm³/mol. The van der Waals surface area contributed by atoms with Crippen molar-refractivity contribution in [3.63, 3.8) is 0 Å². The molecule has 0 saturated carbocycles. The van der Waals surface area contributed by atoms with Gasteiger partial charge < -0.3 is 5.32 Å². The molecular weight excluding hydrogens is 339 g/mol. The Kier molecular flexibility index (Phi) is 5.13. The summed E-state index contributed by atoms with van der Waals surface area (Å²) in [6, 6.07) is 5.66. The molecule has 0 aliphatic carbocycles. The van der Waals surface area contributed by atoms with E-state index in [1.165, 1.54) is 0 Å². The number of halogens is 1. The number of fused-ring (bicyclic) bond motifs is 1. The molecule has 0 aliphatic heterocycles. The van der Waals surface area contributed by atoms with Gasteiger partial charge in [-0.15, -0.1) is 0 Å². The number of aromatic nitrogens is 3. The second-order valence-electron chi connectivity index (χ2n) is 8.30. The summed E-state index contributed by atoms with van der Waals surface area (Å²) in [7, 11) is 1.78. The van der Waals surface area contributed by atoms with E-state index in [4.69, 9.17) is 0 Å². The van der Waals surface area contributed by atoms with Crippen LogP contribution >= 0.6 is 0 Å². The lowest BCUT2D eigenvalue weighted by molar-refractivity contribution is 0.375. The van der Waals surface area contributed by atoms with Crippen LogP contribution in [0.5, 0.6) is 0 Å². The highest BCUT2D eigenvalue weighted by molar-refractivity contribution is 5.83. The Balaban J connectivity index is 2.08. The number of nitrogens with one attached hydrogen (secondary N) is 1. The fourth-order valence-corrected chi connectivity index (χ4v) is 3.15.